The average Bonchev–Trinajstić information content (AvgIpc) is 2.77. The zero-order chi connectivity index (χ0) is 15.2. The van der Waals surface area contributed by atoms with E-state index in [9.17, 15) is 8.42 Å². The quantitative estimate of drug-likeness (QED) is 0.683. The van der Waals surface area contributed by atoms with Gasteiger partial charge in [-0.25, -0.2) is 13.1 Å². The fourth-order valence-electron chi connectivity index (χ4n) is 1.79. The predicted octanol–water partition coefficient (Wildman–Crippen LogP) is 1.95. The third kappa shape index (κ3) is 5.49. The minimum Gasteiger partial charge on any atom is -0.383 e. The van der Waals surface area contributed by atoms with Gasteiger partial charge >= 0.3 is 0 Å². The van der Waals surface area contributed by atoms with E-state index in [0.717, 1.165) is 17.8 Å². The molecule has 0 saturated heterocycles. The first-order valence-electron chi connectivity index (χ1n) is 6.63. The molecule has 0 aliphatic carbocycles. The molecule has 0 bridgehead atoms. The largest absolute Gasteiger partial charge is 0.383 e. The Hall–Kier alpha value is -0.470. The Bertz CT molecular complexity index is 509. The molecule has 0 aliphatic heterocycles. The van der Waals surface area contributed by atoms with Crippen LogP contribution in [0.3, 0.4) is 0 Å². The second kappa shape index (κ2) is 7.51. The molecular formula is C13H24N2O3S2. The van der Waals surface area contributed by atoms with Crippen molar-refractivity contribution in [2.24, 2.45) is 0 Å². The van der Waals surface area contributed by atoms with Crippen LogP contribution in [0.5, 0.6) is 0 Å². The molecule has 0 spiro atoms. The normalized spacial score (nSPS) is 12.8. The number of hydrogen-bond donors (Lipinski definition) is 2. The van der Waals surface area contributed by atoms with Gasteiger partial charge in [0.25, 0.3) is 10.0 Å². The number of sulfonamides is 1. The summed E-state index contributed by atoms with van der Waals surface area (Å²) in [6.07, 6.45) is 1.06. The lowest BCUT2D eigenvalue weighted by molar-refractivity contribution is 0.141. The first kappa shape index (κ1) is 17.6. The van der Waals surface area contributed by atoms with Gasteiger partial charge in [-0.15, -0.1) is 11.3 Å². The minimum absolute atomic E-state index is 0.322. The van der Waals surface area contributed by atoms with Crippen molar-refractivity contribution in [3.8, 4) is 0 Å². The average molecular weight is 320 g/mol. The highest BCUT2D eigenvalue weighted by Gasteiger charge is 2.27. The Morgan fingerprint density at radius 2 is 2.05 bits per heavy atom. The van der Waals surface area contributed by atoms with Crippen LogP contribution in [-0.4, -0.2) is 34.2 Å². The molecule has 0 amide bonds. The van der Waals surface area contributed by atoms with Gasteiger partial charge in [-0.1, -0.05) is 6.92 Å². The van der Waals surface area contributed by atoms with Gasteiger partial charge in [-0.2, -0.15) is 0 Å². The standard InChI is InChI=1S/C13H24N2O3S2/c1-5-8-14-9-11-6-7-12(19-11)20(16,17)15-13(2,3)10-18-4/h6-7,14-15H,5,8-10H2,1-4H3. The molecule has 1 aromatic rings. The maximum Gasteiger partial charge on any atom is 0.250 e. The van der Waals surface area contributed by atoms with E-state index in [1.165, 1.54) is 11.3 Å². The predicted molar refractivity (Wildman–Crippen MR) is 82.6 cm³/mol. The summed E-state index contributed by atoms with van der Waals surface area (Å²) in [6.45, 7) is 7.65. The number of rotatable bonds is 9. The zero-order valence-corrected chi connectivity index (χ0v) is 14.2. The van der Waals surface area contributed by atoms with Crippen molar-refractivity contribution >= 4 is 21.4 Å². The summed E-state index contributed by atoms with van der Waals surface area (Å²) in [6, 6.07) is 3.50. The van der Waals surface area contributed by atoms with E-state index in [4.69, 9.17) is 4.74 Å². The van der Waals surface area contributed by atoms with Crippen LogP contribution >= 0.6 is 11.3 Å². The number of nitrogens with one attached hydrogen (secondary N) is 2. The van der Waals surface area contributed by atoms with Gasteiger partial charge in [0, 0.05) is 18.5 Å². The summed E-state index contributed by atoms with van der Waals surface area (Å²) in [5.41, 5.74) is -0.627. The molecule has 2 N–H and O–H groups in total. The Morgan fingerprint density at radius 3 is 2.65 bits per heavy atom. The zero-order valence-electron chi connectivity index (χ0n) is 12.5. The molecule has 0 unspecified atom stereocenters. The molecule has 1 aromatic heterocycles. The van der Waals surface area contributed by atoms with Crippen LogP contribution in [0.2, 0.25) is 0 Å². The van der Waals surface area contributed by atoms with E-state index in [-0.39, 0.29) is 0 Å². The highest BCUT2D eigenvalue weighted by Crippen LogP contribution is 2.23. The van der Waals surface area contributed by atoms with Crippen LogP contribution in [-0.2, 0) is 21.3 Å². The van der Waals surface area contributed by atoms with Gasteiger partial charge in [-0.05, 0) is 38.9 Å². The van der Waals surface area contributed by atoms with Gasteiger partial charge in [0.2, 0.25) is 0 Å². The molecule has 7 heteroatoms. The molecule has 0 fully saturated rings. The van der Waals surface area contributed by atoms with Crippen molar-refractivity contribution in [1.29, 1.82) is 0 Å². The van der Waals surface area contributed by atoms with Crippen LogP contribution in [0, 0.1) is 0 Å². The van der Waals surface area contributed by atoms with Crippen LogP contribution in [0.4, 0.5) is 0 Å². The Labute approximate surface area is 125 Å². The molecule has 1 heterocycles. The van der Waals surface area contributed by atoms with E-state index in [2.05, 4.69) is 17.0 Å². The molecule has 0 atom stereocenters. The molecule has 0 aliphatic rings. The van der Waals surface area contributed by atoms with Crippen LogP contribution in [0.25, 0.3) is 0 Å². The van der Waals surface area contributed by atoms with Gasteiger partial charge < -0.3 is 10.1 Å². The highest BCUT2D eigenvalue weighted by molar-refractivity contribution is 7.91. The monoisotopic (exact) mass is 320 g/mol. The number of methoxy groups -OCH3 is 1. The summed E-state index contributed by atoms with van der Waals surface area (Å²) in [5, 5.41) is 3.26. The van der Waals surface area contributed by atoms with Crippen molar-refractivity contribution in [1.82, 2.24) is 10.0 Å². The van der Waals surface area contributed by atoms with Crippen LogP contribution in [0.15, 0.2) is 16.3 Å². The summed E-state index contributed by atoms with van der Waals surface area (Å²) in [7, 11) is -1.93. The smallest absolute Gasteiger partial charge is 0.250 e. The maximum absolute atomic E-state index is 12.3. The van der Waals surface area contributed by atoms with Crippen molar-refractivity contribution in [3.63, 3.8) is 0 Å². The van der Waals surface area contributed by atoms with Crippen LogP contribution in [0.1, 0.15) is 32.1 Å². The van der Waals surface area contributed by atoms with E-state index >= 15 is 0 Å². The number of thiophene rings is 1. The topological polar surface area (TPSA) is 67.4 Å². The first-order valence-corrected chi connectivity index (χ1v) is 8.93. The fourth-order valence-corrected chi connectivity index (χ4v) is 4.51. The summed E-state index contributed by atoms with van der Waals surface area (Å²) in [5.74, 6) is 0. The Kier molecular flexibility index (Phi) is 6.60. The van der Waals surface area contributed by atoms with Gasteiger partial charge in [0.1, 0.15) is 4.21 Å². The van der Waals surface area contributed by atoms with E-state index in [1.807, 2.05) is 6.07 Å². The van der Waals surface area contributed by atoms with Gasteiger partial charge in [0.05, 0.1) is 12.1 Å². The molecule has 116 valence electrons. The second-order valence-electron chi connectivity index (χ2n) is 5.32. The molecule has 0 radical (unpaired) electrons. The molecule has 0 saturated carbocycles. The lowest BCUT2D eigenvalue weighted by Crippen LogP contribution is -2.46. The molecular weight excluding hydrogens is 296 g/mol. The first-order chi connectivity index (χ1) is 9.30. The summed E-state index contributed by atoms with van der Waals surface area (Å²) in [4.78, 5) is 1.02. The van der Waals surface area contributed by atoms with Crippen molar-refractivity contribution in [3.05, 3.63) is 17.0 Å². The van der Waals surface area contributed by atoms with Gasteiger partial charge in [-0.3, -0.25) is 0 Å². The number of hydrogen-bond acceptors (Lipinski definition) is 5. The van der Waals surface area contributed by atoms with Crippen LogP contribution < -0.4 is 10.0 Å². The summed E-state index contributed by atoms with van der Waals surface area (Å²) < 4.78 is 32.6. The SMILES string of the molecule is CCCNCc1ccc(S(=O)(=O)NC(C)(C)COC)s1. The highest BCUT2D eigenvalue weighted by atomic mass is 32.2. The summed E-state index contributed by atoms with van der Waals surface area (Å²) >= 11 is 1.30. The Morgan fingerprint density at radius 1 is 1.35 bits per heavy atom. The lowest BCUT2D eigenvalue weighted by atomic mass is 10.1. The third-order valence-corrected chi connectivity index (χ3v) is 5.82. The number of ether oxygens (including phenoxy) is 1. The maximum atomic E-state index is 12.3. The van der Waals surface area contributed by atoms with E-state index < -0.39 is 15.6 Å². The minimum atomic E-state index is -3.49. The van der Waals surface area contributed by atoms with Gasteiger partial charge in [0.15, 0.2) is 0 Å². The fraction of sp³-hybridized carbons (Fsp3) is 0.692. The van der Waals surface area contributed by atoms with Crippen molar-refractivity contribution in [2.45, 2.75) is 43.5 Å². The lowest BCUT2D eigenvalue weighted by Gasteiger charge is -2.24. The molecule has 1 rings (SSSR count). The van der Waals surface area contributed by atoms with E-state index in [0.29, 0.717) is 17.4 Å². The molecule has 5 nitrogen and oxygen atoms in total. The molecule has 0 aromatic carbocycles. The Balaban J connectivity index is 2.73. The van der Waals surface area contributed by atoms with Crippen molar-refractivity contribution < 1.29 is 13.2 Å². The third-order valence-electron chi connectivity index (χ3n) is 2.54. The molecule has 20 heavy (non-hydrogen) atoms. The van der Waals surface area contributed by atoms with E-state index in [1.54, 1.807) is 27.0 Å². The second-order valence-corrected chi connectivity index (χ2v) is 8.40. The van der Waals surface area contributed by atoms with Crippen molar-refractivity contribution in [2.75, 3.05) is 20.3 Å².